The van der Waals surface area contributed by atoms with Crippen molar-refractivity contribution in [2.24, 2.45) is 11.8 Å². The van der Waals surface area contributed by atoms with Crippen molar-refractivity contribution in [2.45, 2.75) is 43.9 Å². The topological polar surface area (TPSA) is 0 Å². The van der Waals surface area contributed by atoms with Gasteiger partial charge < -0.3 is 0 Å². The molecule has 2 aliphatic rings. The molecule has 3 rings (SSSR count). The second-order valence-electron chi connectivity index (χ2n) is 7.31. The van der Waals surface area contributed by atoms with Crippen molar-refractivity contribution in [3.05, 3.63) is 34.9 Å². The van der Waals surface area contributed by atoms with Crippen molar-refractivity contribution >= 4 is 30.0 Å². The summed E-state index contributed by atoms with van der Waals surface area (Å²) in [5, 5.41) is 0.915. The van der Waals surface area contributed by atoms with Gasteiger partial charge in [-0.25, -0.2) is 0 Å². The standard InChI is InChI=1S/C13H14Cl.3CH3.Sn/c14-12-3-1-2-10(8-12)13-7-9-4-5-11(13)6-9;;;;/h1-3,7-9,11,13H,4-6H2;3*1H3;/t9-,11+,13-;;;;/m1..../s1. The van der Waals surface area contributed by atoms with Crippen LogP contribution in [-0.2, 0) is 0 Å². The fourth-order valence-electron chi connectivity index (χ4n) is 4.73. The maximum absolute atomic E-state index is 6.20. The minimum atomic E-state index is -1.85. The molecule has 0 radical (unpaired) electrons. The first-order valence-corrected chi connectivity index (χ1v) is 17.8. The van der Waals surface area contributed by atoms with Gasteiger partial charge in [0.15, 0.2) is 0 Å². The Labute approximate surface area is 120 Å². The quantitative estimate of drug-likeness (QED) is 0.599. The molecule has 18 heavy (non-hydrogen) atoms. The second kappa shape index (κ2) is 4.70. The van der Waals surface area contributed by atoms with Crippen LogP contribution in [0.1, 0.15) is 30.7 Å². The van der Waals surface area contributed by atoms with Gasteiger partial charge in [0, 0.05) is 0 Å². The van der Waals surface area contributed by atoms with Crippen LogP contribution >= 0.6 is 11.6 Å². The Morgan fingerprint density at radius 3 is 2.50 bits per heavy atom. The molecule has 1 aromatic carbocycles. The average molecular weight is 370 g/mol. The van der Waals surface area contributed by atoms with Crippen LogP contribution in [0.15, 0.2) is 24.3 Å². The molecule has 98 valence electrons. The first-order valence-electron chi connectivity index (χ1n) is 7.22. The Kier molecular flexibility index (Phi) is 3.47. The van der Waals surface area contributed by atoms with Crippen molar-refractivity contribution in [3.8, 4) is 0 Å². The molecule has 4 atom stereocenters. The van der Waals surface area contributed by atoms with Crippen molar-refractivity contribution in [1.29, 1.82) is 0 Å². The van der Waals surface area contributed by atoms with Gasteiger partial charge in [-0.05, 0) is 0 Å². The molecule has 0 unspecified atom stereocenters. The Hall–Kier alpha value is 0.309. The van der Waals surface area contributed by atoms with Crippen LogP contribution in [0.25, 0.3) is 0 Å². The molecule has 0 saturated heterocycles. The molecule has 2 fully saturated rings. The molecule has 0 N–H and O–H groups in total. The predicted octanol–water partition coefficient (Wildman–Crippen LogP) is 5.56. The summed E-state index contributed by atoms with van der Waals surface area (Å²) < 4.78 is 1.04. The fraction of sp³-hybridized carbons (Fsp3) is 0.625. The van der Waals surface area contributed by atoms with Crippen molar-refractivity contribution < 1.29 is 0 Å². The van der Waals surface area contributed by atoms with Crippen molar-refractivity contribution in [1.82, 2.24) is 0 Å². The Bertz CT molecular complexity index is 449. The molecule has 2 bridgehead atoms. The fourth-order valence-corrected chi connectivity index (χ4v) is 14.2. The van der Waals surface area contributed by atoms with E-state index < -0.39 is 18.4 Å². The maximum atomic E-state index is 6.20. The van der Waals surface area contributed by atoms with Crippen LogP contribution in [0.5, 0.6) is 0 Å². The van der Waals surface area contributed by atoms with Gasteiger partial charge in [-0.2, -0.15) is 0 Å². The zero-order valence-corrected chi connectivity index (χ0v) is 15.2. The third-order valence-corrected chi connectivity index (χ3v) is 13.5. The SMILES string of the molecule is [CH3][Sn]([CH3])([CH3])[C@H]1[C@@H]2CC[C@@H](C2)[C@H]1c1cccc(Cl)c1. The zero-order chi connectivity index (χ0) is 12.9. The van der Waals surface area contributed by atoms with E-state index in [0.717, 1.165) is 26.7 Å². The third kappa shape index (κ3) is 2.24. The Morgan fingerprint density at radius 2 is 1.83 bits per heavy atom. The van der Waals surface area contributed by atoms with Crippen LogP contribution in [0.2, 0.25) is 23.8 Å². The van der Waals surface area contributed by atoms with Crippen LogP contribution in [0, 0.1) is 11.8 Å². The zero-order valence-electron chi connectivity index (χ0n) is 11.6. The van der Waals surface area contributed by atoms with Crippen LogP contribution in [0.3, 0.4) is 0 Å². The van der Waals surface area contributed by atoms with Gasteiger partial charge in [-0.15, -0.1) is 0 Å². The Balaban J connectivity index is 1.99. The second-order valence-corrected chi connectivity index (χ2v) is 23.2. The van der Waals surface area contributed by atoms with E-state index in [1.165, 1.54) is 24.8 Å². The van der Waals surface area contributed by atoms with E-state index in [-0.39, 0.29) is 0 Å². The predicted molar refractivity (Wildman–Crippen MR) is 82.1 cm³/mol. The van der Waals surface area contributed by atoms with E-state index in [1.807, 2.05) is 6.07 Å². The summed E-state index contributed by atoms with van der Waals surface area (Å²) in [4.78, 5) is 7.87. The number of halogens is 1. The van der Waals surface area contributed by atoms with Gasteiger partial charge >= 0.3 is 121 Å². The van der Waals surface area contributed by atoms with Gasteiger partial charge in [0.05, 0.1) is 0 Å². The minimum absolute atomic E-state index is 0.832. The number of hydrogen-bond donors (Lipinski definition) is 0. The summed E-state index contributed by atoms with van der Waals surface area (Å²) in [6.45, 7) is 0. The van der Waals surface area contributed by atoms with E-state index >= 15 is 0 Å². The molecule has 0 spiro atoms. The molecule has 0 aliphatic heterocycles. The first kappa shape index (κ1) is 13.3. The van der Waals surface area contributed by atoms with E-state index in [1.54, 1.807) is 0 Å². The van der Waals surface area contributed by atoms with E-state index in [9.17, 15) is 0 Å². The van der Waals surface area contributed by atoms with Crippen molar-refractivity contribution in [3.63, 3.8) is 0 Å². The van der Waals surface area contributed by atoms with Gasteiger partial charge in [-0.3, -0.25) is 0 Å². The summed E-state index contributed by atoms with van der Waals surface area (Å²) in [7, 11) is 0. The molecule has 2 saturated carbocycles. The van der Waals surface area contributed by atoms with Crippen molar-refractivity contribution in [2.75, 3.05) is 0 Å². The van der Waals surface area contributed by atoms with Gasteiger partial charge in [0.25, 0.3) is 0 Å². The molecule has 0 aromatic heterocycles. The molecule has 0 heterocycles. The number of fused-ring (bicyclic) bond motifs is 2. The van der Waals surface area contributed by atoms with E-state index in [2.05, 4.69) is 33.0 Å². The molecule has 0 amide bonds. The summed E-state index contributed by atoms with van der Waals surface area (Å²) in [5.41, 5.74) is 1.53. The molecule has 2 aliphatic carbocycles. The summed E-state index contributed by atoms with van der Waals surface area (Å²) in [6, 6.07) is 8.70. The number of rotatable bonds is 2. The van der Waals surface area contributed by atoms with E-state index in [4.69, 9.17) is 11.6 Å². The molecule has 1 aromatic rings. The van der Waals surface area contributed by atoms with Crippen LogP contribution in [-0.4, -0.2) is 18.4 Å². The molecule has 2 heteroatoms. The summed E-state index contributed by atoms with van der Waals surface area (Å²) in [5.74, 6) is 2.82. The number of benzene rings is 1. The average Bonchev–Trinajstić information content (AvgIpc) is 2.87. The van der Waals surface area contributed by atoms with E-state index in [0.29, 0.717) is 0 Å². The normalized spacial score (nSPS) is 35.1. The third-order valence-electron chi connectivity index (χ3n) is 5.15. The number of hydrogen-bond acceptors (Lipinski definition) is 0. The summed E-state index contributed by atoms with van der Waals surface area (Å²) >= 11 is 4.36. The van der Waals surface area contributed by atoms with Crippen LogP contribution in [0.4, 0.5) is 0 Å². The Morgan fingerprint density at radius 1 is 1.11 bits per heavy atom. The van der Waals surface area contributed by atoms with Gasteiger partial charge in [0.1, 0.15) is 0 Å². The molecular weight excluding hydrogens is 346 g/mol. The van der Waals surface area contributed by atoms with Gasteiger partial charge in [0.2, 0.25) is 0 Å². The molecular formula is C16H23ClSn. The van der Waals surface area contributed by atoms with Gasteiger partial charge in [-0.1, -0.05) is 0 Å². The van der Waals surface area contributed by atoms with Crippen LogP contribution < -0.4 is 0 Å². The first-order chi connectivity index (χ1) is 8.47. The monoisotopic (exact) mass is 370 g/mol. The molecule has 0 nitrogen and oxygen atoms in total. The summed E-state index contributed by atoms with van der Waals surface area (Å²) in [6.07, 6.45) is 4.46.